The lowest BCUT2D eigenvalue weighted by Gasteiger charge is -2.33. The Bertz CT molecular complexity index is 454. The molecule has 5 atom stereocenters. The van der Waals surface area contributed by atoms with Crippen molar-refractivity contribution in [1.29, 1.82) is 0 Å². The van der Waals surface area contributed by atoms with E-state index in [1.807, 2.05) is 0 Å². The van der Waals surface area contributed by atoms with Crippen LogP contribution < -0.4 is 5.32 Å². The summed E-state index contributed by atoms with van der Waals surface area (Å²) in [7, 11) is 0. The topological polar surface area (TPSA) is 49.4 Å². The molecule has 2 amide bonds. The third-order valence-electron chi connectivity index (χ3n) is 6.73. The fourth-order valence-corrected chi connectivity index (χ4v) is 5.56. The molecule has 4 aliphatic rings. The minimum atomic E-state index is 0.0262. The van der Waals surface area contributed by atoms with Crippen molar-refractivity contribution in [3.05, 3.63) is 0 Å². The van der Waals surface area contributed by atoms with Gasteiger partial charge in [-0.2, -0.15) is 0 Å². The van der Waals surface area contributed by atoms with Crippen LogP contribution in [0.25, 0.3) is 0 Å². The molecule has 2 saturated carbocycles. The van der Waals surface area contributed by atoms with Crippen LogP contribution in [0.1, 0.15) is 57.8 Å². The summed E-state index contributed by atoms with van der Waals surface area (Å²) >= 11 is 0. The number of nitrogens with zero attached hydrogens (tertiary/aromatic N) is 1. The van der Waals surface area contributed by atoms with Crippen molar-refractivity contribution in [2.75, 3.05) is 13.1 Å². The van der Waals surface area contributed by atoms with Gasteiger partial charge in [0, 0.05) is 25.6 Å². The highest BCUT2D eigenvalue weighted by Gasteiger charge is 2.42. The van der Waals surface area contributed by atoms with Crippen LogP contribution in [0.5, 0.6) is 0 Å². The summed E-state index contributed by atoms with van der Waals surface area (Å²) in [6.45, 7) is 1.49. The van der Waals surface area contributed by atoms with Crippen LogP contribution in [-0.4, -0.2) is 35.8 Å². The number of carbonyl (C=O) groups excluding carboxylic acids is 2. The summed E-state index contributed by atoms with van der Waals surface area (Å²) in [6.07, 6.45) is 10.6. The van der Waals surface area contributed by atoms with Gasteiger partial charge >= 0.3 is 0 Å². The normalized spacial score (nSPS) is 41.0. The zero-order valence-corrected chi connectivity index (χ0v) is 13.4. The summed E-state index contributed by atoms with van der Waals surface area (Å²) in [4.78, 5) is 26.3. The Kier molecular flexibility index (Phi) is 3.87. The Morgan fingerprint density at radius 3 is 2.77 bits per heavy atom. The van der Waals surface area contributed by atoms with Gasteiger partial charge in [0.2, 0.25) is 11.8 Å². The van der Waals surface area contributed by atoms with Crippen molar-refractivity contribution >= 4 is 11.8 Å². The predicted octanol–water partition coefficient (Wildman–Crippen LogP) is 2.33. The molecule has 4 rings (SSSR count). The van der Waals surface area contributed by atoms with Crippen LogP contribution in [0.3, 0.4) is 0 Å². The van der Waals surface area contributed by atoms with Crippen molar-refractivity contribution in [1.82, 2.24) is 10.2 Å². The lowest BCUT2D eigenvalue weighted by Crippen LogP contribution is -2.46. The number of fused-ring (bicyclic) bond motifs is 2. The van der Waals surface area contributed by atoms with Crippen molar-refractivity contribution in [2.45, 2.75) is 63.8 Å². The summed E-state index contributed by atoms with van der Waals surface area (Å²) in [5.74, 6) is 3.27. The smallest absolute Gasteiger partial charge is 0.227 e. The summed E-state index contributed by atoms with van der Waals surface area (Å²) in [5.41, 5.74) is 0. The standard InChI is InChI=1S/C18H28N2O2/c21-17-6-5-14(11-19-17)18(22)20-7-1-2-16(20)10-15-9-12-3-4-13(15)8-12/h12-16H,1-11H2,(H,19,21). The van der Waals surface area contributed by atoms with Crippen molar-refractivity contribution < 1.29 is 9.59 Å². The maximum absolute atomic E-state index is 12.8. The molecular formula is C18H28N2O2. The average molecular weight is 304 g/mol. The molecule has 5 unspecified atom stereocenters. The zero-order valence-electron chi connectivity index (χ0n) is 13.4. The highest BCUT2D eigenvalue weighted by Crippen LogP contribution is 2.50. The van der Waals surface area contributed by atoms with E-state index in [1.165, 1.54) is 38.5 Å². The van der Waals surface area contributed by atoms with E-state index in [1.54, 1.807) is 0 Å². The molecule has 0 radical (unpaired) electrons. The van der Waals surface area contributed by atoms with Gasteiger partial charge in [-0.3, -0.25) is 9.59 Å². The van der Waals surface area contributed by atoms with Gasteiger partial charge in [-0.25, -0.2) is 0 Å². The fraction of sp³-hybridized carbons (Fsp3) is 0.889. The molecule has 1 N–H and O–H groups in total. The van der Waals surface area contributed by atoms with Crippen LogP contribution in [-0.2, 0) is 9.59 Å². The molecule has 2 aliphatic carbocycles. The molecule has 2 heterocycles. The third kappa shape index (κ3) is 2.65. The van der Waals surface area contributed by atoms with Crippen LogP contribution in [0.15, 0.2) is 0 Å². The lowest BCUT2D eigenvalue weighted by molar-refractivity contribution is -0.138. The van der Waals surface area contributed by atoms with E-state index in [-0.39, 0.29) is 11.8 Å². The average Bonchev–Trinajstić information content (AvgIpc) is 3.24. The van der Waals surface area contributed by atoms with E-state index < -0.39 is 0 Å². The van der Waals surface area contributed by atoms with Gasteiger partial charge in [-0.1, -0.05) is 6.42 Å². The molecule has 4 fully saturated rings. The number of carbonyl (C=O) groups is 2. The highest BCUT2D eigenvalue weighted by atomic mass is 16.2. The highest BCUT2D eigenvalue weighted by molar-refractivity contribution is 5.84. The zero-order chi connectivity index (χ0) is 15.1. The number of amides is 2. The second-order valence-electron chi connectivity index (χ2n) is 8.04. The molecule has 2 bridgehead atoms. The van der Waals surface area contributed by atoms with E-state index in [2.05, 4.69) is 10.2 Å². The fourth-order valence-electron chi connectivity index (χ4n) is 5.56. The quantitative estimate of drug-likeness (QED) is 0.870. The van der Waals surface area contributed by atoms with Crippen LogP contribution >= 0.6 is 0 Å². The first-order valence-electron chi connectivity index (χ1n) is 9.28. The molecule has 2 saturated heterocycles. The van der Waals surface area contributed by atoms with E-state index >= 15 is 0 Å². The Labute approximate surface area is 133 Å². The molecule has 0 aromatic heterocycles. The Morgan fingerprint density at radius 1 is 1.18 bits per heavy atom. The minimum Gasteiger partial charge on any atom is -0.355 e. The molecule has 0 aromatic carbocycles. The molecule has 0 spiro atoms. The number of rotatable bonds is 3. The predicted molar refractivity (Wildman–Crippen MR) is 84.0 cm³/mol. The maximum atomic E-state index is 12.8. The van der Waals surface area contributed by atoms with E-state index in [0.717, 1.165) is 37.1 Å². The van der Waals surface area contributed by atoms with Gasteiger partial charge in [0.05, 0.1) is 5.92 Å². The molecular weight excluding hydrogens is 276 g/mol. The van der Waals surface area contributed by atoms with Crippen molar-refractivity contribution in [3.63, 3.8) is 0 Å². The molecule has 4 heteroatoms. The largest absolute Gasteiger partial charge is 0.355 e. The number of nitrogens with one attached hydrogen (secondary N) is 1. The number of hydrogen-bond acceptors (Lipinski definition) is 2. The molecule has 22 heavy (non-hydrogen) atoms. The molecule has 0 aromatic rings. The van der Waals surface area contributed by atoms with Crippen LogP contribution in [0.4, 0.5) is 0 Å². The van der Waals surface area contributed by atoms with Gasteiger partial charge in [0.15, 0.2) is 0 Å². The van der Waals surface area contributed by atoms with Crippen molar-refractivity contribution in [2.24, 2.45) is 23.7 Å². The molecule has 122 valence electrons. The van der Waals surface area contributed by atoms with Gasteiger partial charge < -0.3 is 10.2 Å². The second-order valence-corrected chi connectivity index (χ2v) is 8.04. The number of hydrogen-bond donors (Lipinski definition) is 1. The maximum Gasteiger partial charge on any atom is 0.227 e. The van der Waals surface area contributed by atoms with Gasteiger partial charge in [0.1, 0.15) is 0 Å². The first kappa shape index (κ1) is 14.5. The van der Waals surface area contributed by atoms with E-state index in [9.17, 15) is 9.59 Å². The van der Waals surface area contributed by atoms with Gasteiger partial charge in [-0.05, 0) is 62.7 Å². The Balaban J connectivity index is 1.36. The summed E-state index contributed by atoms with van der Waals surface area (Å²) in [6, 6.07) is 0.481. The van der Waals surface area contributed by atoms with Gasteiger partial charge in [-0.15, -0.1) is 0 Å². The Hall–Kier alpha value is -1.06. The second kappa shape index (κ2) is 5.86. The summed E-state index contributed by atoms with van der Waals surface area (Å²) in [5, 5.41) is 2.86. The first-order valence-corrected chi connectivity index (χ1v) is 9.28. The summed E-state index contributed by atoms with van der Waals surface area (Å²) < 4.78 is 0. The van der Waals surface area contributed by atoms with Gasteiger partial charge in [0.25, 0.3) is 0 Å². The van der Waals surface area contributed by atoms with Crippen LogP contribution in [0, 0.1) is 23.7 Å². The first-order chi connectivity index (χ1) is 10.7. The number of piperidine rings is 1. The van der Waals surface area contributed by atoms with E-state index in [0.29, 0.717) is 24.9 Å². The van der Waals surface area contributed by atoms with Crippen molar-refractivity contribution in [3.8, 4) is 0 Å². The molecule has 2 aliphatic heterocycles. The minimum absolute atomic E-state index is 0.0262. The number of likely N-dealkylation sites (tertiary alicyclic amines) is 1. The van der Waals surface area contributed by atoms with Crippen LogP contribution in [0.2, 0.25) is 0 Å². The third-order valence-corrected chi connectivity index (χ3v) is 6.73. The SMILES string of the molecule is O=C1CCC(C(=O)N2CCCC2CC2CC3CCC2C3)CN1. The lowest BCUT2D eigenvalue weighted by atomic mass is 9.83. The Morgan fingerprint density at radius 2 is 2.09 bits per heavy atom. The van der Waals surface area contributed by atoms with E-state index in [4.69, 9.17) is 0 Å². The monoisotopic (exact) mass is 304 g/mol. The molecule has 4 nitrogen and oxygen atoms in total.